The number of halogens is 1. The Morgan fingerprint density at radius 1 is 1.71 bits per heavy atom. The smallest absolute Gasteiger partial charge is 0.287 e. The van der Waals surface area contributed by atoms with Crippen LogP contribution in [-0.4, -0.2) is 23.7 Å². The van der Waals surface area contributed by atoms with Gasteiger partial charge < -0.3 is 14.8 Å². The van der Waals surface area contributed by atoms with Gasteiger partial charge in [0.1, 0.15) is 0 Å². The number of nitrogens with one attached hydrogen (secondary N) is 1. The molecular formula is C9H12ClNO3. The number of aliphatic hydroxyl groups is 1. The van der Waals surface area contributed by atoms with Crippen LogP contribution in [0, 0.1) is 0 Å². The van der Waals surface area contributed by atoms with E-state index in [1.54, 1.807) is 6.92 Å². The number of carbonyl (C=O) groups excluding carboxylic acids is 1. The lowest BCUT2D eigenvalue weighted by atomic mass is 10.3. The molecule has 1 atom stereocenters. The molecule has 2 N–H and O–H groups in total. The van der Waals surface area contributed by atoms with Crippen LogP contribution in [0.25, 0.3) is 0 Å². The molecule has 0 aromatic carbocycles. The van der Waals surface area contributed by atoms with Crippen molar-refractivity contribution in [3.05, 3.63) is 23.1 Å². The SMILES string of the molecule is CC(O)CCNC(=O)c1ccc(Cl)o1. The summed E-state index contributed by atoms with van der Waals surface area (Å²) in [6.45, 7) is 2.07. The second-order valence-electron chi connectivity index (χ2n) is 3.00. The molecule has 0 aliphatic rings. The van der Waals surface area contributed by atoms with Crippen LogP contribution in [-0.2, 0) is 0 Å². The number of hydrogen-bond donors (Lipinski definition) is 2. The first-order valence-electron chi connectivity index (χ1n) is 4.31. The highest BCUT2D eigenvalue weighted by molar-refractivity contribution is 6.29. The quantitative estimate of drug-likeness (QED) is 0.802. The molecule has 0 aliphatic carbocycles. The number of amides is 1. The zero-order valence-electron chi connectivity index (χ0n) is 7.79. The monoisotopic (exact) mass is 217 g/mol. The Morgan fingerprint density at radius 2 is 2.43 bits per heavy atom. The van der Waals surface area contributed by atoms with Gasteiger partial charge in [-0.3, -0.25) is 4.79 Å². The van der Waals surface area contributed by atoms with Crippen LogP contribution in [0.4, 0.5) is 0 Å². The fraction of sp³-hybridized carbons (Fsp3) is 0.444. The molecule has 1 heterocycles. The first-order chi connectivity index (χ1) is 6.59. The lowest BCUT2D eigenvalue weighted by molar-refractivity contribution is 0.0918. The van der Waals surface area contributed by atoms with Gasteiger partial charge in [0.25, 0.3) is 5.91 Å². The summed E-state index contributed by atoms with van der Waals surface area (Å²) in [7, 11) is 0. The molecule has 0 spiro atoms. The number of carbonyl (C=O) groups is 1. The van der Waals surface area contributed by atoms with Gasteiger partial charge in [-0.1, -0.05) is 0 Å². The van der Waals surface area contributed by atoms with Gasteiger partial charge in [-0.15, -0.1) is 0 Å². The Kier molecular flexibility index (Phi) is 3.98. The van der Waals surface area contributed by atoms with E-state index in [-0.39, 0.29) is 16.9 Å². The molecule has 0 fully saturated rings. The zero-order chi connectivity index (χ0) is 10.6. The Labute approximate surface area is 86.9 Å². The summed E-state index contributed by atoms with van der Waals surface area (Å²) in [6, 6.07) is 3.01. The average molecular weight is 218 g/mol. The normalized spacial score (nSPS) is 12.5. The molecule has 0 bridgehead atoms. The zero-order valence-corrected chi connectivity index (χ0v) is 8.54. The molecule has 0 radical (unpaired) electrons. The van der Waals surface area contributed by atoms with E-state index in [1.807, 2.05) is 0 Å². The van der Waals surface area contributed by atoms with Crippen molar-refractivity contribution in [3.63, 3.8) is 0 Å². The number of aliphatic hydroxyl groups excluding tert-OH is 1. The average Bonchev–Trinajstić information content (AvgIpc) is 2.51. The van der Waals surface area contributed by atoms with Crippen LogP contribution in [0.2, 0.25) is 5.22 Å². The van der Waals surface area contributed by atoms with Crippen molar-refractivity contribution < 1.29 is 14.3 Å². The minimum absolute atomic E-state index is 0.181. The summed E-state index contributed by atoms with van der Waals surface area (Å²) in [5.41, 5.74) is 0. The summed E-state index contributed by atoms with van der Waals surface area (Å²) >= 11 is 5.50. The van der Waals surface area contributed by atoms with Gasteiger partial charge in [0.2, 0.25) is 0 Å². The summed E-state index contributed by atoms with van der Waals surface area (Å²) < 4.78 is 4.89. The summed E-state index contributed by atoms with van der Waals surface area (Å²) in [6.07, 6.45) is 0.0932. The largest absolute Gasteiger partial charge is 0.440 e. The van der Waals surface area contributed by atoms with Crippen molar-refractivity contribution >= 4 is 17.5 Å². The van der Waals surface area contributed by atoms with Crippen LogP contribution >= 0.6 is 11.6 Å². The Bertz CT molecular complexity index is 309. The molecule has 1 amide bonds. The fourth-order valence-electron chi connectivity index (χ4n) is 0.918. The molecule has 78 valence electrons. The van der Waals surface area contributed by atoms with E-state index in [0.717, 1.165) is 0 Å². The van der Waals surface area contributed by atoms with Crippen molar-refractivity contribution in [1.29, 1.82) is 0 Å². The fourth-order valence-corrected chi connectivity index (χ4v) is 1.06. The van der Waals surface area contributed by atoms with Crippen molar-refractivity contribution in [3.8, 4) is 0 Å². The molecule has 14 heavy (non-hydrogen) atoms. The van der Waals surface area contributed by atoms with Gasteiger partial charge in [-0.2, -0.15) is 0 Å². The van der Waals surface area contributed by atoms with Crippen molar-refractivity contribution in [2.24, 2.45) is 0 Å². The van der Waals surface area contributed by atoms with E-state index in [4.69, 9.17) is 21.1 Å². The highest BCUT2D eigenvalue weighted by atomic mass is 35.5. The number of hydrogen-bond acceptors (Lipinski definition) is 3. The van der Waals surface area contributed by atoms with Crippen LogP contribution in [0.5, 0.6) is 0 Å². The van der Waals surface area contributed by atoms with Crippen LogP contribution in [0.15, 0.2) is 16.5 Å². The Hall–Kier alpha value is -1.00. The van der Waals surface area contributed by atoms with E-state index in [2.05, 4.69) is 5.32 Å². The third-order valence-corrected chi connectivity index (χ3v) is 1.85. The van der Waals surface area contributed by atoms with E-state index in [0.29, 0.717) is 13.0 Å². The minimum atomic E-state index is -0.421. The van der Waals surface area contributed by atoms with Crippen molar-refractivity contribution in [2.75, 3.05) is 6.54 Å². The molecule has 0 saturated carbocycles. The molecule has 0 aliphatic heterocycles. The van der Waals surface area contributed by atoms with Crippen molar-refractivity contribution in [1.82, 2.24) is 5.32 Å². The summed E-state index contributed by atoms with van der Waals surface area (Å²) in [5.74, 6) is -0.141. The molecular weight excluding hydrogens is 206 g/mol. The molecule has 1 rings (SSSR count). The van der Waals surface area contributed by atoms with Gasteiger partial charge in [-0.05, 0) is 37.1 Å². The van der Waals surface area contributed by atoms with Crippen molar-refractivity contribution in [2.45, 2.75) is 19.4 Å². The second kappa shape index (κ2) is 5.02. The van der Waals surface area contributed by atoms with Crippen LogP contribution < -0.4 is 5.32 Å². The maximum absolute atomic E-state index is 11.3. The van der Waals surface area contributed by atoms with E-state index in [1.165, 1.54) is 12.1 Å². The Morgan fingerprint density at radius 3 is 2.93 bits per heavy atom. The van der Waals surface area contributed by atoms with Crippen LogP contribution in [0.1, 0.15) is 23.9 Å². The minimum Gasteiger partial charge on any atom is -0.440 e. The molecule has 5 heteroatoms. The standard InChI is InChI=1S/C9H12ClNO3/c1-6(12)4-5-11-9(13)7-2-3-8(10)14-7/h2-3,6,12H,4-5H2,1H3,(H,11,13). The predicted molar refractivity (Wildman–Crippen MR) is 52.3 cm³/mol. The van der Waals surface area contributed by atoms with Gasteiger partial charge >= 0.3 is 0 Å². The van der Waals surface area contributed by atoms with Gasteiger partial charge in [-0.25, -0.2) is 0 Å². The predicted octanol–water partition coefficient (Wildman–Crippen LogP) is 1.43. The number of furan rings is 1. The lowest BCUT2D eigenvalue weighted by Crippen LogP contribution is -2.26. The molecule has 0 saturated heterocycles. The third kappa shape index (κ3) is 3.40. The second-order valence-corrected chi connectivity index (χ2v) is 3.37. The van der Waals surface area contributed by atoms with E-state index in [9.17, 15) is 4.79 Å². The molecule has 4 nitrogen and oxygen atoms in total. The topological polar surface area (TPSA) is 62.5 Å². The summed E-state index contributed by atoms with van der Waals surface area (Å²) in [4.78, 5) is 11.3. The third-order valence-electron chi connectivity index (χ3n) is 1.64. The maximum Gasteiger partial charge on any atom is 0.287 e. The van der Waals surface area contributed by atoms with Gasteiger partial charge in [0.05, 0.1) is 6.10 Å². The van der Waals surface area contributed by atoms with Crippen LogP contribution in [0.3, 0.4) is 0 Å². The Balaban J connectivity index is 2.36. The first kappa shape index (κ1) is 11.1. The highest BCUT2D eigenvalue weighted by Crippen LogP contribution is 2.12. The van der Waals surface area contributed by atoms with Gasteiger partial charge in [0.15, 0.2) is 11.0 Å². The van der Waals surface area contributed by atoms with Gasteiger partial charge in [0, 0.05) is 6.54 Å². The molecule has 1 aromatic heterocycles. The number of rotatable bonds is 4. The highest BCUT2D eigenvalue weighted by Gasteiger charge is 2.09. The summed E-state index contributed by atoms with van der Waals surface area (Å²) in [5, 5.41) is 11.7. The van der Waals surface area contributed by atoms with E-state index < -0.39 is 6.10 Å². The first-order valence-corrected chi connectivity index (χ1v) is 4.69. The molecule has 1 aromatic rings. The van der Waals surface area contributed by atoms with E-state index >= 15 is 0 Å². The lowest BCUT2D eigenvalue weighted by Gasteiger charge is -2.04. The molecule has 1 unspecified atom stereocenters. The maximum atomic E-state index is 11.3.